The number of nitrogens with one attached hydrogen (secondary N) is 2. The molecule has 0 heterocycles. The summed E-state index contributed by atoms with van der Waals surface area (Å²) in [5.41, 5.74) is 4.11. The number of ether oxygens (including phenoxy) is 2. The van der Waals surface area contributed by atoms with Gasteiger partial charge in [-0.3, -0.25) is 9.59 Å². The Kier molecular flexibility index (Phi) is 8.92. The second kappa shape index (κ2) is 11.9. The van der Waals surface area contributed by atoms with Crippen molar-refractivity contribution in [3.63, 3.8) is 0 Å². The third-order valence-electron chi connectivity index (χ3n) is 4.69. The lowest BCUT2D eigenvalue weighted by molar-refractivity contribution is -0.136. The number of carbonyl (C=O) groups is 2. The molecule has 35 heavy (non-hydrogen) atoms. The number of anilines is 1. The quantitative estimate of drug-likeness (QED) is 0.224. The van der Waals surface area contributed by atoms with E-state index < -0.39 is 17.6 Å². The van der Waals surface area contributed by atoms with Crippen molar-refractivity contribution in [3.8, 4) is 11.5 Å². The first kappa shape index (κ1) is 26.3. The number of rotatable bonds is 7. The topological polar surface area (TPSA) is 89.0 Å². The van der Waals surface area contributed by atoms with Gasteiger partial charge in [0, 0.05) is 26.9 Å². The summed E-state index contributed by atoms with van der Waals surface area (Å²) in [6, 6.07) is 13.7. The number of benzene rings is 3. The first-order valence-corrected chi connectivity index (χ1v) is 11.2. The van der Waals surface area contributed by atoms with E-state index in [1.54, 1.807) is 43.3 Å². The molecule has 0 unspecified atom stereocenters. The first-order valence-electron chi connectivity index (χ1n) is 10.0. The van der Waals surface area contributed by atoms with E-state index in [0.29, 0.717) is 32.8 Å². The molecule has 0 aromatic heterocycles. The molecule has 0 saturated heterocycles. The van der Waals surface area contributed by atoms with Crippen LogP contribution in [0.25, 0.3) is 0 Å². The highest BCUT2D eigenvalue weighted by Crippen LogP contribution is 2.30. The lowest BCUT2D eigenvalue weighted by Gasteiger charge is -2.13. The summed E-state index contributed by atoms with van der Waals surface area (Å²) in [5.74, 6) is -1.76. The number of methoxy groups -OCH3 is 1. The van der Waals surface area contributed by atoms with E-state index in [-0.39, 0.29) is 17.3 Å². The predicted octanol–water partition coefficient (Wildman–Crippen LogP) is 5.85. The van der Waals surface area contributed by atoms with Gasteiger partial charge < -0.3 is 14.8 Å². The van der Waals surface area contributed by atoms with E-state index in [0.717, 1.165) is 11.6 Å². The minimum Gasteiger partial charge on any atom is -0.493 e. The van der Waals surface area contributed by atoms with Crippen molar-refractivity contribution in [1.82, 2.24) is 5.43 Å². The smallest absolute Gasteiger partial charge is 0.329 e. The van der Waals surface area contributed by atoms with E-state index in [1.165, 1.54) is 19.2 Å². The molecule has 7 nitrogen and oxygen atoms in total. The number of nitrogens with zero attached hydrogens (tertiary/aromatic N) is 1. The summed E-state index contributed by atoms with van der Waals surface area (Å²) in [5, 5.41) is 7.09. The van der Waals surface area contributed by atoms with E-state index in [9.17, 15) is 14.0 Å². The molecule has 0 saturated carbocycles. The maximum absolute atomic E-state index is 13.2. The normalized spacial score (nSPS) is 11.1. The minimum absolute atomic E-state index is 0.164. The van der Waals surface area contributed by atoms with Crippen molar-refractivity contribution in [1.29, 1.82) is 0 Å². The Balaban J connectivity index is 1.64. The van der Waals surface area contributed by atoms with Crippen LogP contribution in [-0.4, -0.2) is 24.6 Å². The Hall–Kier alpha value is -3.33. The number of halogens is 4. The van der Waals surface area contributed by atoms with Gasteiger partial charge in [-0.05, 0) is 55.5 Å². The van der Waals surface area contributed by atoms with Gasteiger partial charge in [0.05, 0.1) is 17.8 Å². The number of hydrogen-bond donors (Lipinski definition) is 2. The maximum atomic E-state index is 13.2. The van der Waals surface area contributed by atoms with Crippen LogP contribution in [-0.2, 0) is 16.2 Å². The van der Waals surface area contributed by atoms with Crippen LogP contribution in [0.15, 0.2) is 59.7 Å². The molecule has 0 aliphatic rings. The van der Waals surface area contributed by atoms with Crippen molar-refractivity contribution in [3.05, 3.63) is 86.6 Å². The van der Waals surface area contributed by atoms with Crippen LogP contribution in [0.3, 0.4) is 0 Å². The highest BCUT2D eigenvalue weighted by atomic mass is 35.5. The minimum atomic E-state index is -1.02. The molecule has 11 heteroatoms. The fourth-order valence-corrected chi connectivity index (χ4v) is 3.46. The highest BCUT2D eigenvalue weighted by Gasteiger charge is 2.15. The Morgan fingerprint density at radius 1 is 0.943 bits per heavy atom. The van der Waals surface area contributed by atoms with Crippen molar-refractivity contribution in [2.75, 3.05) is 12.4 Å². The van der Waals surface area contributed by atoms with Gasteiger partial charge in [0.25, 0.3) is 0 Å². The fourth-order valence-electron chi connectivity index (χ4n) is 2.82. The average Bonchev–Trinajstić information content (AvgIpc) is 2.83. The zero-order chi connectivity index (χ0) is 25.5. The zero-order valence-corrected chi connectivity index (χ0v) is 20.8. The zero-order valence-electron chi connectivity index (χ0n) is 18.5. The van der Waals surface area contributed by atoms with Gasteiger partial charge in [0.15, 0.2) is 11.5 Å². The van der Waals surface area contributed by atoms with Crippen LogP contribution in [0.2, 0.25) is 15.1 Å². The van der Waals surface area contributed by atoms with Crippen LogP contribution >= 0.6 is 34.8 Å². The molecule has 0 bridgehead atoms. The molecular formula is C24H19Cl3FN3O4. The van der Waals surface area contributed by atoms with E-state index >= 15 is 0 Å². The lowest BCUT2D eigenvalue weighted by Crippen LogP contribution is -2.32. The van der Waals surface area contributed by atoms with Crippen molar-refractivity contribution in [2.45, 2.75) is 13.5 Å². The fraction of sp³-hybridized carbons (Fsp3) is 0.125. The molecule has 3 rings (SSSR count). The molecule has 0 radical (unpaired) electrons. The molecule has 0 spiro atoms. The van der Waals surface area contributed by atoms with Crippen molar-refractivity contribution < 1.29 is 23.5 Å². The van der Waals surface area contributed by atoms with Gasteiger partial charge in [0.1, 0.15) is 12.4 Å². The molecule has 182 valence electrons. The van der Waals surface area contributed by atoms with Crippen LogP contribution in [0.5, 0.6) is 11.5 Å². The summed E-state index contributed by atoms with van der Waals surface area (Å²) in [4.78, 5) is 24.1. The Morgan fingerprint density at radius 2 is 1.71 bits per heavy atom. The molecule has 0 atom stereocenters. The Morgan fingerprint density at radius 3 is 2.40 bits per heavy atom. The van der Waals surface area contributed by atoms with E-state index in [1.807, 2.05) is 0 Å². The third-order valence-corrected chi connectivity index (χ3v) is 5.57. The van der Waals surface area contributed by atoms with Gasteiger partial charge >= 0.3 is 11.8 Å². The number of hydrogen-bond acceptors (Lipinski definition) is 5. The monoisotopic (exact) mass is 537 g/mol. The van der Waals surface area contributed by atoms with E-state index in [4.69, 9.17) is 44.3 Å². The van der Waals surface area contributed by atoms with Gasteiger partial charge in [-0.25, -0.2) is 9.82 Å². The van der Waals surface area contributed by atoms with Gasteiger partial charge in [-0.2, -0.15) is 5.10 Å². The molecular weight excluding hydrogens is 520 g/mol. The molecule has 3 aromatic carbocycles. The summed E-state index contributed by atoms with van der Waals surface area (Å²) in [7, 11) is 1.49. The van der Waals surface area contributed by atoms with Crippen LogP contribution in [0.4, 0.5) is 10.1 Å². The SMILES string of the molecule is COc1cc(/C(C)=N/NC(=O)C(=O)Nc2ccc(F)c(Cl)c2)ccc1OCc1ccc(Cl)cc1Cl. The highest BCUT2D eigenvalue weighted by molar-refractivity contribution is 6.40. The lowest BCUT2D eigenvalue weighted by atomic mass is 10.1. The molecule has 2 N–H and O–H groups in total. The van der Waals surface area contributed by atoms with Crippen LogP contribution in [0, 0.1) is 5.82 Å². The van der Waals surface area contributed by atoms with Crippen LogP contribution in [0.1, 0.15) is 18.1 Å². The number of hydrazone groups is 1. The first-order chi connectivity index (χ1) is 16.7. The van der Waals surface area contributed by atoms with Crippen LogP contribution < -0.4 is 20.2 Å². The maximum Gasteiger partial charge on any atom is 0.329 e. The molecule has 0 aliphatic carbocycles. The number of amides is 2. The third kappa shape index (κ3) is 7.08. The predicted molar refractivity (Wildman–Crippen MR) is 134 cm³/mol. The van der Waals surface area contributed by atoms with Gasteiger partial charge in [-0.15, -0.1) is 0 Å². The largest absolute Gasteiger partial charge is 0.493 e. The molecule has 0 aliphatic heterocycles. The molecule has 3 aromatic rings. The summed E-state index contributed by atoms with van der Waals surface area (Å²) >= 11 is 17.8. The summed E-state index contributed by atoms with van der Waals surface area (Å²) in [6.45, 7) is 1.84. The molecule has 2 amide bonds. The van der Waals surface area contributed by atoms with Gasteiger partial charge in [0.2, 0.25) is 0 Å². The Labute approximate surface area is 215 Å². The summed E-state index contributed by atoms with van der Waals surface area (Å²) in [6.07, 6.45) is 0. The van der Waals surface area contributed by atoms with Crippen molar-refractivity contribution in [2.24, 2.45) is 5.10 Å². The van der Waals surface area contributed by atoms with Crippen molar-refractivity contribution >= 4 is 58.0 Å². The average molecular weight is 539 g/mol. The second-order valence-corrected chi connectivity index (χ2v) is 8.36. The second-order valence-electron chi connectivity index (χ2n) is 7.11. The standard InChI is InChI=1S/C24H19Cl3FN3O4/c1-13(30-31-24(33)23(32)29-17-6-7-20(28)19(27)11-17)14-4-8-21(22(9-14)34-2)35-12-15-3-5-16(25)10-18(15)26/h3-11H,12H2,1-2H3,(H,29,32)(H,31,33)/b30-13+. The molecule has 0 fully saturated rings. The van der Waals surface area contributed by atoms with Gasteiger partial charge in [-0.1, -0.05) is 40.9 Å². The number of carbonyl (C=O) groups excluding carboxylic acids is 2. The van der Waals surface area contributed by atoms with E-state index in [2.05, 4.69) is 15.8 Å². The Bertz CT molecular complexity index is 1300. The summed E-state index contributed by atoms with van der Waals surface area (Å²) < 4.78 is 24.4.